The monoisotopic (exact) mass is 389 g/mol. The normalized spacial score (nSPS) is 41.7. The highest BCUT2D eigenvalue weighted by Crippen LogP contribution is 2.54. The van der Waals surface area contributed by atoms with Gasteiger partial charge in [0.1, 0.15) is 0 Å². The molecule has 11 nitrogen and oxygen atoms in total. The Kier molecular flexibility index (Phi) is 5.43. The second kappa shape index (κ2) is 6.33. The van der Waals surface area contributed by atoms with E-state index in [4.69, 9.17) is 10.5 Å². The van der Waals surface area contributed by atoms with Crippen LogP contribution in [-0.4, -0.2) is 84.1 Å². The minimum atomic E-state index is -3.81. The fourth-order valence-corrected chi connectivity index (χ4v) is 3.72. The fourth-order valence-electron chi connectivity index (χ4n) is 3.72. The topological polar surface area (TPSA) is 202 Å². The van der Waals surface area contributed by atoms with Crippen LogP contribution in [0.25, 0.3) is 0 Å². The molecular weight excluding hydrogens is 366 g/mol. The molecule has 152 valence electrons. The largest absolute Gasteiger partial charge is 0.393 e. The third-order valence-electron chi connectivity index (χ3n) is 5.35. The molecule has 0 aromatic heterocycles. The molecule has 0 aliphatic carbocycles. The summed E-state index contributed by atoms with van der Waals surface area (Å²) in [4.78, 5) is 61.6. The molecule has 1 fully saturated rings. The van der Waals surface area contributed by atoms with Crippen molar-refractivity contribution < 1.29 is 49.1 Å². The lowest BCUT2D eigenvalue weighted by atomic mass is 9.53. The van der Waals surface area contributed by atoms with Gasteiger partial charge in [-0.25, -0.2) is 0 Å². The maximum atomic E-state index is 12.4. The molecule has 0 aromatic carbocycles. The second-order valence-corrected chi connectivity index (χ2v) is 6.74. The number of hydrogen-bond donors (Lipinski definition) is 5. The Morgan fingerprint density at radius 1 is 0.704 bits per heavy atom. The van der Waals surface area contributed by atoms with Gasteiger partial charge in [-0.15, -0.1) is 0 Å². The standard InChI is InChI=1S/C16H23NO10/c1-7(19)12(6-18)13(24,8(2)20)14(25,9(3)21)15(26,10(4)22)16(17,27-12)11(5)23/h18,24-26H,6,17H2,1-5H3/t12-,13+,14-,15+,16+/m0/s1. The first-order valence-corrected chi connectivity index (χ1v) is 7.81. The van der Waals surface area contributed by atoms with E-state index in [0.29, 0.717) is 20.8 Å². The maximum Gasteiger partial charge on any atom is 0.216 e. The summed E-state index contributed by atoms with van der Waals surface area (Å²) in [6.07, 6.45) is 0. The number of aliphatic hydroxyl groups is 4. The molecule has 1 aliphatic heterocycles. The summed E-state index contributed by atoms with van der Waals surface area (Å²) in [6, 6.07) is 0. The highest BCUT2D eigenvalue weighted by atomic mass is 16.6. The Labute approximate surface area is 154 Å². The molecule has 1 saturated heterocycles. The first kappa shape index (κ1) is 23.1. The first-order valence-electron chi connectivity index (χ1n) is 7.81. The molecule has 0 aromatic rings. The maximum absolute atomic E-state index is 12.4. The predicted molar refractivity (Wildman–Crippen MR) is 86.1 cm³/mol. The van der Waals surface area contributed by atoms with Crippen LogP contribution in [0.15, 0.2) is 0 Å². The molecule has 1 rings (SSSR count). The molecule has 0 bridgehead atoms. The quantitative estimate of drug-likeness (QED) is 0.302. The number of carbonyl (C=O) groups excluding carboxylic acids is 5. The molecule has 0 radical (unpaired) electrons. The summed E-state index contributed by atoms with van der Waals surface area (Å²) < 4.78 is 5.11. The van der Waals surface area contributed by atoms with Gasteiger partial charge in [-0.05, 0) is 34.6 Å². The van der Waals surface area contributed by atoms with E-state index in [1.165, 1.54) is 0 Å². The highest BCUT2D eigenvalue weighted by Gasteiger charge is 2.87. The molecule has 5 atom stereocenters. The van der Waals surface area contributed by atoms with Crippen molar-refractivity contribution in [3.8, 4) is 0 Å². The molecule has 11 heteroatoms. The van der Waals surface area contributed by atoms with Crippen molar-refractivity contribution in [1.82, 2.24) is 0 Å². The summed E-state index contributed by atoms with van der Waals surface area (Å²) in [5.41, 5.74) is -11.8. The summed E-state index contributed by atoms with van der Waals surface area (Å²) in [7, 11) is 0. The van der Waals surface area contributed by atoms with Gasteiger partial charge >= 0.3 is 0 Å². The van der Waals surface area contributed by atoms with Gasteiger partial charge in [-0.1, -0.05) is 0 Å². The van der Waals surface area contributed by atoms with E-state index in [-0.39, 0.29) is 0 Å². The number of hydrogen-bond acceptors (Lipinski definition) is 11. The van der Waals surface area contributed by atoms with E-state index in [1.54, 1.807) is 0 Å². The van der Waals surface area contributed by atoms with Crippen LogP contribution in [0.5, 0.6) is 0 Å². The van der Waals surface area contributed by atoms with E-state index in [2.05, 4.69) is 0 Å². The van der Waals surface area contributed by atoms with Crippen molar-refractivity contribution in [3.05, 3.63) is 0 Å². The molecule has 1 heterocycles. The third kappa shape index (κ3) is 2.21. The molecule has 0 saturated carbocycles. The summed E-state index contributed by atoms with van der Waals surface area (Å²) in [5, 5.41) is 43.1. The first-order chi connectivity index (χ1) is 12.0. The lowest BCUT2D eigenvalue weighted by molar-refractivity contribution is -0.363. The summed E-state index contributed by atoms with van der Waals surface area (Å²) >= 11 is 0. The predicted octanol–water partition coefficient (Wildman–Crippen LogP) is -3.46. The third-order valence-corrected chi connectivity index (χ3v) is 5.35. The van der Waals surface area contributed by atoms with Crippen molar-refractivity contribution in [3.63, 3.8) is 0 Å². The van der Waals surface area contributed by atoms with Crippen LogP contribution in [-0.2, 0) is 28.7 Å². The van der Waals surface area contributed by atoms with E-state index in [1.807, 2.05) is 0 Å². The van der Waals surface area contributed by atoms with Crippen LogP contribution in [0.4, 0.5) is 0 Å². The van der Waals surface area contributed by atoms with Crippen molar-refractivity contribution in [1.29, 1.82) is 0 Å². The average molecular weight is 389 g/mol. The van der Waals surface area contributed by atoms with Crippen LogP contribution in [0.1, 0.15) is 34.6 Å². The Hall–Kier alpha value is -1.89. The minimum Gasteiger partial charge on any atom is -0.393 e. The van der Waals surface area contributed by atoms with Gasteiger partial charge < -0.3 is 25.2 Å². The number of ether oxygens (including phenoxy) is 1. The van der Waals surface area contributed by atoms with Crippen molar-refractivity contribution in [2.24, 2.45) is 5.73 Å². The zero-order valence-electron chi connectivity index (χ0n) is 15.5. The second-order valence-electron chi connectivity index (χ2n) is 6.74. The molecule has 0 spiro atoms. The van der Waals surface area contributed by atoms with Crippen molar-refractivity contribution in [2.75, 3.05) is 6.61 Å². The average Bonchev–Trinajstić information content (AvgIpc) is 2.54. The Morgan fingerprint density at radius 2 is 1.07 bits per heavy atom. The minimum absolute atomic E-state index is 0.593. The zero-order chi connectivity index (χ0) is 21.8. The fraction of sp³-hybridized carbons (Fsp3) is 0.688. The van der Waals surface area contributed by atoms with Gasteiger partial charge in [0.15, 0.2) is 34.5 Å². The Balaban J connectivity index is 4.36. The number of rotatable bonds is 6. The van der Waals surface area contributed by atoms with Crippen LogP contribution >= 0.6 is 0 Å². The van der Waals surface area contributed by atoms with Crippen LogP contribution in [0.3, 0.4) is 0 Å². The van der Waals surface area contributed by atoms with E-state index < -0.39 is 63.7 Å². The molecule has 6 N–H and O–H groups in total. The van der Waals surface area contributed by atoms with Gasteiger partial charge in [-0.2, -0.15) is 0 Å². The summed E-state index contributed by atoms with van der Waals surface area (Å²) in [6.45, 7) is 1.77. The number of Topliss-reactive ketones (excluding diaryl/α,β-unsaturated/α-hetero) is 5. The number of carbonyl (C=O) groups is 5. The molecular formula is C16H23NO10. The SMILES string of the molecule is CC(=O)[C@@]1(O)[C@](O)(C(C)=O)[C@@](N)(C(C)=O)O[C@@](CO)(C(C)=O)[C@]1(O)C(C)=O. The number of nitrogens with two attached hydrogens (primary N) is 1. The van der Waals surface area contributed by atoms with Gasteiger partial charge in [-0.3, -0.25) is 29.7 Å². The zero-order valence-corrected chi connectivity index (χ0v) is 15.5. The number of ketones is 5. The van der Waals surface area contributed by atoms with Crippen molar-refractivity contribution >= 4 is 28.9 Å². The van der Waals surface area contributed by atoms with Gasteiger partial charge in [0.25, 0.3) is 0 Å². The van der Waals surface area contributed by atoms with E-state index in [9.17, 15) is 44.4 Å². The Morgan fingerprint density at radius 3 is 1.30 bits per heavy atom. The molecule has 27 heavy (non-hydrogen) atoms. The summed E-state index contributed by atoms with van der Waals surface area (Å²) in [5.74, 6) is -7.22. The molecule has 1 aliphatic rings. The van der Waals surface area contributed by atoms with E-state index >= 15 is 0 Å². The van der Waals surface area contributed by atoms with Crippen LogP contribution in [0, 0.1) is 0 Å². The van der Waals surface area contributed by atoms with Gasteiger partial charge in [0.05, 0.1) is 6.61 Å². The van der Waals surface area contributed by atoms with Crippen molar-refractivity contribution in [2.45, 2.75) is 62.7 Å². The van der Waals surface area contributed by atoms with Gasteiger partial charge in [0, 0.05) is 0 Å². The highest BCUT2D eigenvalue weighted by molar-refractivity contribution is 6.12. The van der Waals surface area contributed by atoms with Gasteiger partial charge in [0.2, 0.25) is 22.5 Å². The van der Waals surface area contributed by atoms with Crippen LogP contribution in [0.2, 0.25) is 0 Å². The molecule has 0 amide bonds. The smallest absolute Gasteiger partial charge is 0.216 e. The Bertz CT molecular complexity index is 749. The lowest BCUT2D eigenvalue weighted by Gasteiger charge is -2.63. The lowest BCUT2D eigenvalue weighted by Crippen LogP contribution is -2.96. The van der Waals surface area contributed by atoms with Crippen LogP contribution < -0.4 is 5.73 Å². The molecule has 0 unspecified atom stereocenters. The number of aliphatic hydroxyl groups excluding tert-OH is 1. The van der Waals surface area contributed by atoms with E-state index in [0.717, 1.165) is 13.8 Å².